The molecule has 0 aliphatic rings. The fourth-order valence-corrected chi connectivity index (χ4v) is 1.31. The molecule has 0 amide bonds. The average molecular weight is 200 g/mol. The van der Waals surface area contributed by atoms with Gasteiger partial charge in [-0.15, -0.1) is 0 Å². The van der Waals surface area contributed by atoms with Gasteiger partial charge < -0.3 is 10.6 Å². The molecule has 76 valence electrons. The van der Waals surface area contributed by atoms with Gasteiger partial charge in [0, 0.05) is 13.6 Å². The molecule has 0 saturated heterocycles. The second-order valence-electron chi connectivity index (χ2n) is 3.22. The highest BCUT2D eigenvalue weighted by Crippen LogP contribution is 2.22. The highest BCUT2D eigenvalue weighted by molar-refractivity contribution is 5.69. The van der Waals surface area contributed by atoms with E-state index in [2.05, 4.69) is 6.07 Å². The second-order valence-corrected chi connectivity index (χ2v) is 3.22. The van der Waals surface area contributed by atoms with E-state index in [-0.39, 0.29) is 0 Å². The van der Waals surface area contributed by atoms with E-state index in [1.165, 1.54) is 0 Å². The van der Waals surface area contributed by atoms with Crippen molar-refractivity contribution in [3.63, 3.8) is 0 Å². The molecule has 4 nitrogen and oxygen atoms in total. The second kappa shape index (κ2) is 4.88. The summed E-state index contributed by atoms with van der Waals surface area (Å²) in [5.41, 5.74) is 7.76. The van der Waals surface area contributed by atoms with Gasteiger partial charge in [0.05, 0.1) is 35.5 Å². The Balaban J connectivity index is 2.87. The summed E-state index contributed by atoms with van der Waals surface area (Å²) in [4.78, 5) is 1.90. The molecule has 1 aromatic carbocycles. The zero-order chi connectivity index (χ0) is 11.3. The fourth-order valence-electron chi connectivity index (χ4n) is 1.31. The maximum atomic E-state index is 8.67. The van der Waals surface area contributed by atoms with E-state index in [9.17, 15) is 0 Å². The van der Waals surface area contributed by atoms with Crippen molar-refractivity contribution < 1.29 is 0 Å². The Hall–Kier alpha value is -2.20. The molecule has 0 saturated carbocycles. The summed E-state index contributed by atoms with van der Waals surface area (Å²) in [6, 6.07) is 9.25. The third kappa shape index (κ3) is 2.62. The Morgan fingerprint density at radius 3 is 2.67 bits per heavy atom. The van der Waals surface area contributed by atoms with Crippen molar-refractivity contribution in [2.75, 3.05) is 24.2 Å². The van der Waals surface area contributed by atoms with Crippen LogP contribution in [-0.4, -0.2) is 13.6 Å². The summed E-state index contributed by atoms with van der Waals surface area (Å²) in [6.45, 7) is 0.632. The molecule has 1 aromatic rings. The van der Waals surface area contributed by atoms with Crippen LogP contribution in [0.1, 0.15) is 12.0 Å². The van der Waals surface area contributed by atoms with Crippen molar-refractivity contribution in [3.05, 3.63) is 23.8 Å². The predicted octanol–water partition coefficient (Wildman–Crippen LogP) is 1.49. The van der Waals surface area contributed by atoms with Crippen LogP contribution in [-0.2, 0) is 0 Å². The van der Waals surface area contributed by atoms with Gasteiger partial charge in [-0.25, -0.2) is 0 Å². The first-order chi connectivity index (χ1) is 7.19. The minimum atomic E-state index is 0.454. The molecular weight excluding hydrogens is 188 g/mol. The van der Waals surface area contributed by atoms with Gasteiger partial charge in [-0.3, -0.25) is 0 Å². The standard InChI is InChI=1S/C11H12N4/c1-15(6-2-5-12)11-4-3-9(8-13)7-10(11)14/h3-4,7H,2,6,14H2,1H3. The van der Waals surface area contributed by atoms with Gasteiger partial charge in [0.2, 0.25) is 0 Å². The summed E-state index contributed by atoms with van der Waals surface area (Å²) in [7, 11) is 1.87. The zero-order valence-corrected chi connectivity index (χ0v) is 8.57. The van der Waals surface area contributed by atoms with E-state index in [1.54, 1.807) is 18.2 Å². The smallest absolute Gasteiger partial charge is 0.0992 e. The van der Waals surface area contributed by atoms with Gasteiger partial charge in [0.25, 0.3) is 0 Å². The van der Waals surface area contributed by atoms with Crippen LogP contribution >= 0.6 is 0 Å². The molecule has 15 heavy (non-hydrogen) atoms. The fraction of sp³-hybridized carbons (Fsp3) is 0.273. The molecule has 0 spiro atoms. The summed E-state index contributed by atoms with van der Waals surface area (Å²) in [5.74, 6) is 0. The third-order valence-corrected chi connectivity index (χ3v) is 2.13. The van der Waals surface area contributed by atoms with Gasteiger partial charge in [0.15, 0.2) is 0 Å². The van der Waals surface area contributed by atoms with E-state index in [4.69, 9.17) is 16.3 Å². The van der Waals surface area contributed by atoms with Gasteiger partial charge in [0.1, 0.15) is 0 Å². The molecule has 0 unspecified atom stereocenters. The van der Waals surface area contributed by atoms with Crippen LogP contribution in [0.3, 0.4) is 0 Å². The van der Waals surface area contributed by atoms with Gasteiger partial charge >= 0.3 is 0 Å². The lowest BCUT2D eigenvalue weighted by Crippen LogP contribution is -2.19. The van der Waals surface area contributed by atoms with E-state index in [1.807, 2.05) is 18.0 Å². The molecule has 0 aliphatic heterocycles. The van der Waals surface area contributed by atoms with Crippen LogP contribution in [0.5, 0.6) is 0 Å². The number of benzene rings is 1. The van der Waals surface area contributed by atoms with Crippen molar-refractivity contribution in [1.29, 1.82) is 10.5 Å². The van der Waals surface area contributed by atoms with Crippen molar-refractivity contribution >= 4 is 11.4 Å². The molecule has 0 aliphatic carbocycles. The number of nitrogen functional groups attached to an aromatic ring is 1. The highest BCUT2D eigenvalue weighted by atomic mass is 15.1. The first-order valence-corrected chi connectivity index (χ1v) is 4.56. The van der Waals surface area contributed by atoms with Gasteiger partial charge in [-0.05, 0) is 18.2 Å². The van der Waals surface area contributed by atoms with Crippen LogP contribution in [0.15, 0.2) is 18.2 Å². The Labute approximate surface area is 89.1 Å². The molecule has 1 rings (SSSR count). The SMILES string of the molecule is CN(CCC#N)c1ccc(C#N)cc1N. The first-order valence-electron chi connectivity index (χ1n) is 4.56. The largest absolute Gasteiger partial charge is 0.397 e. The summed E-state index contributed by atoms with van der Waals surface area (Å²) in [5, 5.41) is 17.1. The lowest BCUT2D eigenvalue weighted by Gasteiger charge is -2.19. The average Bonchev–Trinajstić information content (AvgIpc) is 2.25. The maximum Gasteiger partial charge on any atom is 0.0992 e. The Bertz CT molecular complexity index is 425. The number of anilines is 2. The monoisotopic (exact) mass is 200 g/mol. The maximum absolute atomic E-state index is 8.67. The van der Waals surface area contributed by atoms with Gasteiger partial charge in [-0.1, -0.05) is 0 Å². The molecule has 0 heterocycles. The van der Waals surface area contributed by atoms with E-state index >= 15 is 0 Å². The Morgan fingerprint density at radius 1 is 1.40 bits per heavy atom. The quantitative estimate of drug-likeness (QED) is 0.750. The summed E-state index contributed by atoms with van der Waals surface area (Å²) < 4.78 is 0. The molecule has 2 N–H and O–H groups in total. The molecule has 4 heteroatoms. The van der Waals surface area contributed by atoms with Crippen LogP contribution < -0.4 is 10.6 Å². The number of nitrogens with two attached hydrogens (primary N) is 1. The lowest BCUT2D eigenvalue weighted by atomic mass is 10.2. The highest BCUT2D eigenvalue weighted by Gasteiger charge is 2.05. The molecule has 0 radical (unpaired) electrons. The number of nitriles is 2. The zero-order valence-electron chi connectivity index (χ0n) is 8.57. The third-order valence-electron chi connectivity index (χ3n) is 2.13. The van der Waals surface area contributed by atoms with E-state index < -0.39 is 0 Å². The normalized spacial score (nSPS) is 9.00. The predicted molar refractivity (Wildman–Crippen MR) is 59.1 cm³/mol. The minimum Gasteiger partial charge on any atom is -0.397 e. The number of hydrogen-bond acceptors (Lipinski definition) is 4. The Kier molecular flexibility index (Phi) is 3.54. The number of rotatable bonds is 3. The molecular formula is C11H12N4. The van der Waals surface area contributed by atoms with Crippen molar-refractivity contribution in [2.24, 2.45) is 0 Å². The molecule has 0 atom stereocenters. The molecule has 0 bridgehead atoms. The topological polar surface area (TPSA) is 76.8 Å². The number of nitrogens with zero attached hydrogens (tertiary/aromatic N) is 3. The van der Waals surface area contributed by atoms with Crippen LogP contribution in [0.25, 0.3) is 0 Å². The first kappa shape index (κ1) is 10.9. The lowest BCUT2D eigenvalue weighted by molar-refractivity contribution is 0.906. The van der Waals surface area contributed by atoms with Crippen molar-refractivity contribution in [3.8, 4) is 12.1 Å². The van der Waals surface area contributed by atoms with Crippen LogP contribution in [0.4, 0.5) is 11.4 Å². The summed E-state index contributed by atoms with van der Waals surface area (Å²) in [6.07, 6.45) is 0.454. The van der Waals surface area contributed by atoms with E-state index in [0.29, 0.717) is 24.2 Å². The molecule has 0 aromatic heterocycles. The van der Waals surface area contributed by atoms with E-state index in [0.717, 1.165) is 5.69 Å². The van der Waals surface area contributed by atoms with Gasteiger partial charge in [-0.2, -0.15) is 10.5 Å². The van der Waals surface area contributed by atoms with Crippen LogP contribution in [0.2, 0.25) is 0 Å². The Morgan fingerprint density at radius 2 is 2.13 bits per heavy atom. The summed E-state index contributed by atoms with van der Waals surface area (Å²) >= 11 is 0. The van der Waals surface area contributed by atoms with Crippen molar-refractivity contribution in [2.45, 2.75) is 6.42 Å². The van der Waals surface area contributed by atoms with Crippen molar-refractivity contribution in [1.82, 2.24) is 0 Å². The number of hydrogen-bond donors (Lipinski definition) is 1. The minimum absolute atomic E-state index is 0.454. The van der Waals surface area contributed by atoms with Crippen LogP contribution in [0, 0.1) is 22.7 Å². The molecule has 0 fully saturated rings.